The Morgan fingerprint density at radius 1 is 1.14 bits per heavy atom. The van der Waals surface area contributed by atoms with Crippen molar-refractivity contribution >= 4 is 15.9 Å². The molecule has 0 saturated heterocycles. The van der Waals surface area contributed by atoms with Crippen LogP contribution in [-0.4, -0.2) is 27.4 Å². The topological polar surface area (TPSA) is 27.7 Å². The third-order valence-electron chi connectivity index (χ3n) is 1.67. The van der Waals surface area contributed by atoms with Gasteiger partial charge in [-0.3, -0.25) is 0 Å². The Balaban J connectivity index is 2.65. The maximum Gasteiger partial charge on any atom is 0.161 e. The van der Waals surface area contributed by atoms with Gasteiger partial charge in [-0.15, -0.1) is 0 Å². The van der Waals surface area contributed by atoms with Crippen molar-refractivity contribution in [3.05, 3.63) is 22.7 Å². The van der Waals surface area contributed by atoms with E-state index in [1.54, 1.807) is 14.2 Å². The monoisotopic (exact) mass is 260 g/mol. The Hall–Kier alpha value is -0.740. The van der Waals surface area contributed by atoms with Crippen LogP contribution in [-0.2, 0) is 4.74 Å². The maximum atomic E-state index is 5.45. The van der Waals surface area contributed by atoms with Gasteiger partial charge in [0.2, 0.25) is 0 Å². The fraction of sp³-hybridized carbons (Fsp3) is 0.400. The lowest BCUT2D eigenvalue weighted by Crippen LogP contribution is -2.05. The number of benzene rings is 1. The van der Waals surface area contributed by atoms with Gasteiger partial charge in [-0.2, -0.15) is 0 Å². The Kier molecular flexibility index (Phi) is 4.76. The summed E-state index contributed by atoms with van der Waals surface area (Å²) in [6.45, 7) is 1.09. The first-order chi connectivity index (χ1) is 6.77. The first-order valence-electron chi connectivity index (χ1n) is 4.23. The minimum atomic E-state index is 0.522. The largest absolute Gasteiger partial charge is 0.493 e. The van der Waals surface area contributed by atoms with E-state index in [0.29, 0.717) is 13.2 Å². The summed E-state index contributed by atoms with van der Waals surface area (Å²) in [6, 6.07) is 5.63. The van der Waals surface area contributed by atoms with Gasteiger partial charge in [-0.1, -0.05) is 15.9 Å². The van der Waals surface area contributed by atoms with Crippen LogP contribution < -0.4 is 9.47 Å². The van der Waals surface area contributed by atoms with Crippen molar-refractivity contribution in [1.29, 1.82) is 0 Å². The summed E-state index contributed by atoms with van der Waals surface area (Å²) in [4.78, 5) is 0. The number of methoxy groups -OCH3 is 2. The lowest BCUT2D eigenvalue weighted by molar-refractivity contribution is 0.144. The first kappa shape index (κ1) is 11.3. The Bertz CT molecular complexity index is 289. The second-order valence-electron chi connectivity index (χ2n) is 2.64. The van der Waals surface area contributed by atoms with E-state index >= 15 is 0 Å². The van der Waals surface area contributed by atoms with Crippen molar-refractivity contribution in [1.82, 2.24) is 0 Å². The molecule has 0 saturated carbocycles. The fourth-order valence-corrected chi connectivity index (χ4v) is 1.34. The maximum absolute atomic E-state index is 5.45. The minimum Gasteiger partial charge on any atom is -0.493 e. The van der Waals surface area contributed by atoms with Crippen LogP contribution in [0.2, 0.25) is 0 Å². The van der Waals surface area contributed by atoms with Crippen LogP contribution in [0.5, 0.6) is 11.5 Å². The van der Waals surface area contributed by atoms with Crippen molar-refractivity contribution in [2.75, 3.05) is 27.4 Å². The van der Waals surface area contributed by atoms with E-state index < -0.39 is 0 Å². The lowest BCUT2D eigenvalue weighted by atomic mass is 10.3. The van der Waals surface area contributed by atoms with Crippen molar-refractivity contribution in [2.45, 2.75) is 0 Å². The van der Waals surface area contributed by atoms with E-state index in [0.717, 1.165) is 16.0 Å². The van der Waals surface area contributed by atoms with Gasteiger partial charge in [-0.05, 0) is 18.2 Å². The van der Waals surface area contributed by atoms with Gasteiger partial charge in [0.05, 0.1) is 13.7 Å². The highest BCUT2D eigenvalue weighted by molar-refractivity contribution is 9.10. The summed E-state index contributed by atoms with van der Waals surface area (Å²) in [5, 5.41) is 0. The van der Waals surface area contributed by atoms with E-state index in [1.165, 1.54) is 0 Å². The van der Waals surface area contributed by atoms with Crippen LogP contribution in [0.4, 0.5) is 0 Å². The van der Waals surface area contributed by atoms with Crippen molar-refractivity contribution in [3.8, 4) is 11.5 Å². The van der Waals surface area contributed by atoms with Crippen LogP contribution in [0.3, 0.4) is 0 Å². The Morgan fingerprint density at radius 3 is 2.57 bits per heavy atom. The second kappa shape index (κ2) is 5.88. The second-order valence-corrected chi connectivity index (χ2v) is 3.55. The third kappa shape index (κ3) is 3.20. The van der Waals surface area contributed by atoms with Crippen molar-refractivity contribution < 1.29 is 14.2 Å². The van der Waals surface area contributed by atoms with Crippen LogP contribution in [0.15, 0.2) is 22.7 Å². The third-order valence-corrected chi connectivity index (χ3v) is 2.16. The molecule has 78 valence electrons. The molecule has 3 nitrogen and oxygen atoms in total. The van der Waals surface area contributed by atoms with Crippen LogP contribution in [0.25, 0.3) is 0 Å². The normalized spacial score (nSPS) is 9.93. The molecule has 0 aromatic heterocycles. The highest BCUT2D eigenvalue weighted by Gasteiger charge is 2.03. The Labute approximate surface area is 92.1 Å². The summed E-state index contributed by atoms with van der Waals surface area (Å²) in [7, 11) is 3.26. The first-order valence-corrected chi connectivity index (χ1v) is 5.02. The quantitative estimate of drug-likeness (QED) is 0.762. The number of hydrogen-bond donors (Lipinski definition) is 0. The minimum absolute atomic E-state index is 0.522. The van der Waals surface area contributed by atoms with Gasteiger partial charge < -0.3 is 14.2 Å². The molecule has 0 amide bonds. The number of ether oxygens (including phenoxy) is 3. The summed E-state index contributed by atoms with van der Waals surface area (Å²) in [5.74, 6) is 1.45. The predicted molar refractivity (Wildman–Crippen MR) is 58.1 cm³/mol. The van der Waals surface area contributed by atoms with Crippen LogP contribution in [0.1, 0.15) is 0 Å². The van der Waals surface area contributed by atoms with E-state index in [2.05, 4.69) is 15.9 Å². The fourth-order valence-electron chi connectivity index (χ4n) is 0.996. The molecule has 0 aliphatic heterocycles. The highest BCUT2D eigenvalue weighted by Crippen LogP contribution is 2.29. The molecule has 0 N–H and O–H groups in total. The van der Waals surface area contributed by atoms with Gasteiger partial charge in [0.25, 0.3) is 0 Å². The molecule has 0 aliphatic rings. The highest BCUT2D eigenvalue weighted by atomic mass is 79.9. The summed E-state index contributed by atoms with van der Waals surface area (Å²) in [5.41, 5.74) is 0. The molecular weight excluding hydrogens is 248 g/mol. The molecule has 14 heavy (non-hydrogen) atoms. The molecule has 0 heterocycles. The summed E-state index contributed by atoms with van der Waals surface area (Å²) < 4.78 is 16.5. The van der Waals surface area contributed by atoms with Gasteiger partial charge in [0.15, 0.2) is 11.5 Å². The average molecular weight is 261 g/mol. The zero-order valence-corrected chi connectivity index (χ0v) is 9.83. The zero-order chi connectivity index (χ0) is 10.4. The van der Waals surface area contributed by atoms with Gasteiger partial charge >= 0.3 is 0 Å². The SMILES string of the molecule is COCCOc1ccc(Br)cc1OC. The van der Waals surface area contributed by atoms with Crippen LogP contribution in [0, 0.1) is 0 Å². The smallest absolute Gasteiger partial charge is 0.161 e. The average Bonchev–Trinajstić information content (AvgIpc) is 2.20. The van der Waals surface area contributed by atoms with Crippen molar-refractivity contribution in [2.24, 2.45) is 0 Å². The molecule has 0 bridgehead atoms. The van der Waals surface area contributed by atoms with E-state index in [-0.39, 0.29) is 0 Å². The van der Waals surface area contributed by atoms with E-state index in [9.17, 15) is 0 Å². The molecule has 0 unspecified atom stereocenters. The number of hydrogen-bond acceptors (Lipinski definition) is 3. The zero-order valence-electron chi connectivity index (χ0n) is 8.25. The van der Waals surface area contributed by atoms with E-state index in [4.69, 9.17) is 14.2 Å². The van der Waals surface area contributed by atoms with Gasteiger partial charge in [0, 0.05) is 11.6 Å². The molecular formula is C10H13BrO3. The van der Waals surface area contributed by atoms with Gasteiger partial charge in [-0.25, -0.2) is 0 Å². The molecule has 0 aliphatic carbocycles. The van der Waals surface area contributed by atoms with E-state index in [1.807, 2.05) is 18.2 Å². The molecule has 1 aromatic carbocycles. The molecule has 4 heteroatoms. The number of rotatable bonds is 5. The predicted octanol–water partition coefficient (Wildman–Crippen LogP) is 2.48. The standard InChI is InChI=1S/C10H13BrO3/c1-12-5-6-14-9-4-3-8(11)7-10(9)13-2/h3-4,7H,5-6H2,1-2H3. The Morgan fingerprint density at radius 2 is 1.93 bits per heavy atom. The molecule has 0 atom stereocenters. The molecule has 0 spiro atoms. The molecule has 1 rings (SSSR count). The lowest BCUT2D eigenvalue weighted by Gasteiger charge is -2.10. The van der Waals surface area contributed by atoms with Crippen LogP contribution >= 0.6 is 15.9 Å². The van der Waals surface area contributed by atoms with Gasteiger partial charge in [0.1, 0.15) is 6.61 Å². The molecule has 1 aromatic rings. The number of halogens is 1. The molecule has 0 fully saturated rings. The summed E-state index contributed by atoms with van der Waals surface area (Å²) in [6.07, 6.45) is 0. The summed E-state index contributed by atoms with van der Waals surface area (Å²) >= 11 is 3.36. The van der Waals surface area contributed by atoms with Crippen molar-refractivity contribution in [3.63, 3.8) is 0 Å². The molecule has 0 radical (unpaired) electrons.